The highest BCUT2D eigenvalue weighted by Gasteiger charge is 2.45. The first-order valence-electron chi connectivity index (χ1n) is 11.4. The number of carbonyl (C=O) groups is 2. The summed E-state index contributed by atoms with van der Waals surface area (Å²) in [5.74, 6) is -0.521. The molecule has 2 aromatic carbocycles. The molecule has 1 amide bonds. The molecule has 1 aliphatic rings. The summed E-state index contributed by atoms with van der Waals surface area (Å²) in [6.45, 7) is 9.25. The lowest BCUT2D eigenvalue weighted by Gasteiger charge is -2.22. The van der Waals surface area contributed by atoms with E-state index in [4.69, 9.17) is 13.9 Å². The molecule has 186 valence electrons. The van der Waals surface area contributed by atoms with Gasteiger partial charge in [0.2, 0.25) is 5.76 Å². The summed E-state index contributed by atoms with van der Waals surface area (Å²) in [4.78, 5) is 46.1. The molecule has 3 heterocycles. The van der Waals surface area contributed by atoms with Gasteiger partial charge in [-0.05, 0) is 36.8 Å². The van der Waals surface area contributed by atoms with Gasteiger partial charge in [-0.3, -0.25) is 14.5 Å². The van der Waals surface area contributed by atoms with Crippen LogP contribution >= 0.6 is 11.3 Å². The standard InChI is InChI=1S/C28H22N2O6S/c1-4-14-34-18-12-10-17(11-13-18)22-21-23(31)19-8-6-7-9-20(19)36-24(21)26(32)30(22)28-29-16(3)25(37-28)27(33)35-15-5-2/h4-13,22H,1-2,14-15H2,3H3. The number of ether oxygens (including phenoxy) is 2. The predicted molar refractivity (Wildman–Crippen MR) is 141 cm³/mol. The number of thiazole rings is 1. The van der Waals surface area contributed by atoms with Crippen molar-refractivity contribution < 1.29 is 23.5 Å². The maximum Gasteiger partial charge on any atom is 0.350 e. The van der Waals surface area contributed by atoms with Crippen LogP contribution in [0.4, 0.5) is 5.13 Å². The molecule has 0 radical (unpaired) electrons. The highest BCUT2D eigenvalue weighted by atomic mass is 32.1. The highest BCUT2D eigenvalue weighted by molar-refractivity contribution is 7.17. The second kappa shape index (κ2) is 9.87. The van der Waals surface area contributed by atoms with E-state index in [2.05, 4.69) is 18.1 Å². The number of carbonyl (C=O) groups excluding carboxylic acids is 2. The molecule has 0 N–H and O–H groups in total. The van der Waals surface area contributed by atoms with Gasteiger partial charge in [0, 0.05) is 0 Å². The molecule has 5 rings (SSSR count). The molecule has 1 aliphatic heterocycles. The van der Waals surface area contributed by atoms with E-state index in [9.17, 15) is 14.4 Å². The molecule has 0 bridgehead atoms. The minimum absolute atomic E-state index is 0.0491. The molecule has 0 saturated carbocycles. The summed E-state index contributed by atoms with van der Waals surface area (Å²) < 4.78 is 16.7. The van der Waals surface area contributed by atoms with Gasteiger partial charge in [0.25, 0.3) is 5.91 Å². The summed E-state index contributed by atoms with van der Waals surface area (Å²) >= 11 is 1.02. The molecule has 0 saturated heterocycles. The molecule has 9 heteroatoms. The predicted octanol–water partition coefficient (Wildman–Crippen LogP) is 5.22. The molecule has 1 atom stereocenters. The lowest BCUT2D eigenvalue weighted by Crippen LogP contribution is -2.29. The Bertz CT molecular complexity index is 1600. The van der Waals surface area contributed by atoms with Crippen molar-refractivity contribution in [3.8, 4) is 5.75 Å². The van der Waals surface area contributed by atoms with Crippen LogP contribution < -0.4 is 15.1 Å². The number of hydrogen-bond acceptors (Lipinski definition) is 8. The van der Waals surface area contributed by atoms with Crippen molar-refractivity contribution in [3.05, 3.63) is 112 Å². The van der Waals surface area contributed by atoms with Crippen molar-refractivity contribution in [3.63, 3.8) is 0 Å². The van der Waals surface area contributed by atoms with Crippen LogP contribution in [-0.4, -0.2) is 30.1 Å². The summed E-state index contributed by atoms with van der Waals surface area (Å²) in [6, 6.07) is 13.1. The third-order valence-electron chi connectivity index (χ3n) is 5.85. The van der Waals surface area contributed by atoms with Gasteiger partial charge in [0.15, 0.2) is 10.6 Å². The number of fused-ring (bicyclic) bond motifs is 2. The quantitative estimate of drug-likeness (QED) is 0.235. The Hall–Kier alpha value is -4.50. The van der Waals surface area contributed by atoms with Crippen LogP contribution in [0.5, 0.6) is 5.75 Å². The molecular weight excluding hydrogens is 492 g/mol. The summed E-state index contributed by atoms with van der Waals surface area (Å²) in [5, 5.41) is 0.621. The van der Waals surface area contributed by atoms with Gasteiger partial charge in [0.1, 0.15) is 29.4 Å². The van der Waals surface area contributed by atoms with Crippen LogP contribution in [-0.2, 0) is 4.74 Å². The smallest absolute Gasteiger partial charge is 0.350 e. The molecule has 0 spiro atoms. The maximum atomic E-state index is 13.7. The zero-order chi connectivity index (χ0) is 26.1. The Labute approximate surface area is 216 Å². The summed E-state index contributed by atoms with van der Waals surface area (Å²) in [5.41, 5.74) is 1.30. The average Bonchev–Trinajstić information content (AvgIpc) is 3.43. The van der Waals surface area contributed by atoms with Crippen LogP contribution in [0.3, 0.4) is 0 Å². The second-order valence-electron chi connectivity index (χ2n) is 8.21. The Morgan fingerprint density at radius 3 is 2.57 bits per heavy atom. The number of aromatic nitrogens is 1. The van der Waals surface area contributed by atoms with E-state index >= 15 is 0 Å². The van der Waals surface area contributed by atoms with E-state index in [-0.39, 0.29) is 33.4 Å². The highest BCUT2D eigenvalue weighted by Crippen LogP contribution is 2.43. The fraction of sp³-hybridized carbons (Fsp3) is 0.143. The molecule has 0 aliphatic carbocycles. The van der Waals surface area contributed by atoms with Crippen molar-refractivity contribution in [1.82, 2.24) is 4.98 Å². The largest absolute Gasteiger partial charge is 0.490 e. The van der Waals surface area contributed by atoms with E-state index in [0.717, 1.165) is 11.3 Å². The average molecular weight is 515 g/mol. The first-order chi connectivity index (χ1) is 17.9. The Morgan fingerprint density at radius 2 is 1.84 bits per heavy atom. The molecular formula is C28H22N2O6S. The van der Waals surface area contributed by atoms with Gasteiger partial charge in [0.05, 0.1) is 22.7 Å². The minimum atomic E-state index is -0.820. The number of rotatable bonds is 8. The first kappa shape index (κ1) is 24.2. The van der Waals surface area contributed by atoms with Crippen molar-refractivity contribution in [2.45, 2.75) is 13.0 Å². The number of para-hydroxylation sites is 1. The molecule has 0 fully saturated rings. The number of hydrogen-bond donors (Lipinski definition) is 0. The van der Waals surface area contributed by atoms with Crippen LogP contribution in [0.25, 0.3) is 11.0 Å². The fourth-order valence-electron chi connectivity index (χ4n) is 4.21. The van der Waals surface area contributed by atoms with Gasteiger partial charge < -0.3 is 13.9 Å². The van der Waals surface area contributed by atoms with Crippen molar-refractivity contribution in [2.24, 2.45) is 0 Å². The molecule has 2 aromatic heterocycles. The van der Waals surface area contributed by atoms with Crippen LogP contribution in [0.2, 0.25) is 0 Å². The van der Waals surface area contributed by atoms with Gasteiger partial charge in [-0.2, -0.15) is 0 Å². The monoisotopic (exact) mass is 514 g/mol. The van der Waals surface area contributed by atoms with Gasteiger partial charge in [-0.25, -0.2) is 9.78 Å². The molecule has 4 aromatic rings. The number of anilines is 1. The van der Waals surface area contributed by atoms with Crippen LogP contribution in [0, 0.1) is 6.92 Å². The van der Waals surface area contributed by atoms with Crippen molar-refractivity contribution >= 4 is 39.3 Å². The SMILES string of the molecule is C=CCOC(=O)c1sc(N2C(=O)c3oc4ccccc4c(=O)c3C2c2ccc(OCC=C)cc2)nc1C. The summed E-state index contributed by atoms with van der Waals surface area (Å²) in [7, 11) is 0. The van der Waals surface area contributed by atoms with Gasteiger partial charge in [-0.15, -0.1) is 0 Å². The lowest BCUT2D eigenvalue weighted by atomic mass is 9.98. The number of aryl methyl sites for hydroxylation is 1. The first-order valence-corrected chi connectivity index (χ1v) is 12.2. The normalized spacial score (nSPS) is 14.5. The van der Waals surface area contributed by atoms with Crippen LogP contribution in [0.15, 0.2) is 83.1 Å². The third-order valence-corrected chi connectivity index (χ3v) is 6.99. The van der Waals surface area contributed by atoms with Crippen LogP contribution in [0.1, 0.15) is 43.1 Å². The van der Waals surface area contributed by atoms with Gasteiger partial charge in [-0.1, -0.05) is 60.9 Å². The second-order valence-corrected chi connectivity index (χ2v) is 9.19. The lowest BCUT2D eigenvalue weighted by molar-refractivity contribution is 0.0554. The molecule has 37 heavy (non-hydrogen) atoms. The Balaban J connectivity index is 1.66. The number of benzene rings is 2. The fourth-order valence-corrected chi connectivity index (χ4v) is 5.20. The molecule has 1 unspecified atom stereocenters. The van der Waals surface area contributed by atoms with Crippen molar-refractivity contribution in [1.29, 1.82) is 0 Å². The number of esters is 1. The summed E-state index contributed by atoms with van der Waals surface area (Å²) in [6.07, 6.45) is 3.11. The zero-order valence-electron chi connectivity index (χ0n) is 19.9. The van der Waals surface area contributed by atoms with Crippen molar-refractivity contribution in [2.75, 3.05) is 18.1 Å². The third kappa shape index (κ3) is 4.23. The van der Waals surface area contributed by atoms with E-state index in [1.807, 2.05) is 0 Å². The number of nitrogens with zero attached hydrogens (tertiary/aromatic N) is 2. The van der Waals surface area contributed by atoms with E-state index in [1.54, 1.807) is 61.5 Å². The van der Waals surface area contributed by atoms with E-state index < -0.39 is 17.9 Å². The number of amides is 1. The van der Waals surface area contributed by atoms with E-state index in [0.29, 0.717) is 34.6 Å². The molecule has 8 nitrogen and oxygen atoms in total. The van der Waals surface area contributed by atoms with Gasteiger partial charge >= 0.3 is 5.97 Å². The zero-order valence-corrected chi connectivity index (χ0v) is 20.7. The maximum absolute atomic E-state index is 13.7. The topological polar surface area (TPSA) is 98.9 Å². The Kier molecular flexibility index (Phi) is 6.45. The Morgan fingerprint density at radius 1 is 1.11 bits per heavy atom. The van der Waals surface area contributed by atoms with E-state index in [1.165, 1.54) is 11.0 Å². The minimum Gasteiger partial charge on any atom is -0.490 e.